The Hall–Kier alpha value is -2.18. The number of halogens is 1. The van der Waals surface area contributed by atoms with Crippen molar-refractivity contribution in [3.8, 4) is 5.75 Å². The predicted molar refractivity (Wildman–Crippen MR) is 107 cm³/mol. The molecule has 0 aromatic heterocycles. The maximum Gasteiger partial charge on any atom is 0.264 e. The Labute approximate surface area is 167 Å². The lowest BCUT2D eigenvalue weighted by molar-refractivity contribution is -0.135. The van der Waals surface area contributed by atoms with Crippen molar-refractivity contribution in [3.63, 3.8) is 0 Å². The summed E-state index contributed by atoms with van der Waals surface area (Å²) in [7, 11) is 1.55. The van der Waals surface area contributed by atoms with Gasteiger partial charge in [-0.3, -0.25) is 9.59 Å². The molecule has 1 aliphatic heterocycles. The van der Waals surface area contributed by atoms with E-state index in [2.05, 4.69) is 15.9 Å². The molecule has 0 saturated carbocycles. The number of hydrogen-bond donors (Lipinski definition) is 1. The molecule has 0 radical (unpaired) electrons. The summed E-state index contributed by atoms with van der Waals surface area (Å²) in [5.74, 6) is -0.0927. The minimum absolute atomic E-state index is 0.295. The Kier molecular flexibility index (Phi) is 5.67. The Morgan fingerprint density at radius 2 is 1.93 bits per heavy atom. The van der Waals surface area contributed by atoms with Crippen LogP contribution in [0.15, 0.2) is 46.9 Å². The van der Waals surface area contributed by atoms with Crippen molar-refractivity contribution in [2.75, 3.05) is 18.6 Å². The van der Waals surface area contributed by atoms with Crippen LogP contribution in [0.25, 0.3) is 0 Å². The van der Waals surface area contributed by atoms with Crippen LogP contribution in [0, 0.1) is 0 Å². The first-order valence-electron chi connectivity index (χ1n) is 8.92. The Morgan fingerprint density at radius 1 is 1.22 bits per heavy atom. The summed E-state index contributed by atoms with van der Waals surface area (Å²) in [6.45, 7) is 2.56. The van der Waals surface area contributed by atoms with Crippen LogP contribution >= 0.6 is 15.9 Å². The van der Waals surface area contributed by atoms with E-state index >= 15 is 0 Å². The zero-order valence-corrected chi connectivity index (χ0v) is 17.0. The van der Waals surface area contributed by atoms with Crippen molar-refractivity contribution >= 4 is 33.3 Å². The van der Waals surface area contributed by atoms with Gasteiger partial charge in [0, 0.05) is 22.1 Å². The van der Waals surface area contributed by atoms with E-state index < -0.39 is 11.5 Å². The molecular weight excluding hydrogens is 410 g/mol. The highest BCUT2D eigenvalue weighted by molar-refractivity contribution is 9.10. The number of anilines is 1. The second kappa shape index (κ2) is 7.82. The van der Waals surface area contributed by atoms with Gasteiger partial charge in [-0.1, -0.05) is 29.3 Å². The summed E-state index contributed by atoms with van der Waals surface area (Å²) in [5, 5.41) is 11.3. The lowest BCUT2D eigenvalue weighted by Crippen LogP contribution is -2.42. The van der Waals surface area contributed by atoms with Crippen molar-refractivity contribution in [1.82, 2.24) is 0 Å². The molecule has 2 aromatic rings. The second-order valence-corrected chi connectivity index (χ2v) is 7.58. The smallest absolute Gasteiger partial charge is 0.264 e. The van der Waals surface area contributed by atoms with Gasteiger partial charge in [0.25, 0.3) is 5.91 Å². The molecule has 2 aromatic carbocycles. The number of amides is 1. The van der Waals surface area contributed by atoms with Gasteiger partial charge >= 0.3 is 0 Å². The Bertz CT molecular complexity index is 865. The molecule has 0 unspecified atom stereocenters. The molecule has 1 atom stereocenters. The van der Waals surface area contributed by atoms with E-state index in [-0.39, 0.29) is 12.2 Å². The molecule has 0 bridgehead atoms. The number of Topliss-reactive ketones (excluding diaryl/α,β-unsaturated/α-hetero) is 1. The normalized spacial score (nSPS) is 18.5. The van der Waals surface area contributed by atoms with Gasteiger partial charge < -0.3 is 14.7 Å². The molecule has 3 rings (SSSR count). The molecule has 1 amide bonds. The van der Waals surface area contributed by atoms with Crippen LogP contribution in [0.3, 0.4) is 0 Å². The fourth-order valence-corrected chi connectivity index (χ4v) is 3.70. The molecule has 6 heteroatoms. The van der Waals surface area contributed by atoms with E-state index in [1.807, 2.05) is 19.1 Å². The summed E-state index contributed by atoms with van der Waals surface area (Å²) < 4.78 is 5.86. The Balaban J connectivity index is 1.94. The Morgan fingerprint density at radius 3 is 2.56 bits per heavy atom. The van der Waals surface area contributed by atoms with Gasteiger partial charge in [-0.2, -0.15) is 0 Å². The third-order valence-electron chi connectivity index (χ3n) is 4.86. The fraction of sp³-hybridized carbons (Fsp3) is 0.333. The van der Waals surface area contributed by atoms with E-state index in [0.29, 0.717) is 29.1 Å². The number of methoxy groups -OCH3 is 1. The summed E-state index contributed by atoms with van der Waals surface area (Å²) >= 11 is 3.40. The number of benzene rings is 2. The summed E-state index contributed by atoms with van der Waals surface area (Å²) in [6, 6.07) is 12.0. The second-order valence-electron chi connectivity index (χ2n) is 6.66. The molecule has 0 spiro atoms. The highest BCUT2D eigenvalue weighted by Gasteiger charge is 2.50. The number of ketones is 1. The van der Waals surface area contributed by atoms with Gasteiger partial charge in [-0.15, -0.1) is 0 Å². The van der Waals surface area contributed by atoms with E-state index in [0.717, 1.165) is 17.3 Å². The molecular formula is C21H22BrNO4. The number of carbonyl (C=O) groups is 2. The first-order chi connectivity index (χ1) is 12.9. The number of carbonyl (C=O) groups excluding carboxylic acids is 2. The highest BCUT2D eigenvalue weighted by atomic mass is 79.9. The van der Waals surface area contributed by atoms with Crippen LogP contribution in [0.4, 0.5) is 5.69 Å². The van der Waals surface area contributed by atoms with Crippen molar-refractivity contribution < 1.29 is 19.4 Å². The summed E-state index contributed by atoms with van der Waals surface area (Å²) in [4.78, 5) is 27.4. The molecule has 27 heavy (non-hydrogen) atoms. The third-order valence-corrected chi connectivity index (χ3v) is 5.35. The van der Waals surface area contributed by atoms with Crippen LogP contribution in [0.5, 0.6) is 5.75 Å². The topological polar surface area (TPSA) is 66.8 Å². The van der Waals surface area contributed by atoms with Crippen LogP contribution in [-0.4, -0.2) is 30.5 Å². The van der Waals surface area contributed by atoms with E-state index in [1.54, 1.807) is 42.3 Å². The van der Waals surface area contributed by atoms with Gasteiger partial charge in [-0.25, -0.2) is 0 Å². The summed E-state index contributed by atoms with van der Waals surface area (Å²) in [5.41, 5.74) is -0.286. The van der Waals surface area contributed by atoms with E-state index in [9.17, 15) is 14.7 Å². The number of fused-ring (bicyclic) bond motifs is 1. The number of ether oxygens (including phenoxy) is 1. The zero-order chi connectivity index (χ0) is 19.6. The van der Waals surface area contributed by atoms with Crippen LogP contribution < -0.4 is 9.64 Å². The van der Waals surface area contributed by atoms with Crippen molar-refractivity contribution in [3.05, 3.63) is 58.1 Å². The van der Waals surface area contributed by atoms with Gasteiger partial charge in [0.05, 0.1) is 19.2 Å². The first kappa shape index (κ1) is 19.6. The van der Waals surface area contributed by atoms with Crippen LogP contribution in [0.1, 0.15) is 42.1 Å². The molecule has 0 saturated heterocycles. The van der Waals surface area contributed by atoms with Gasteiger partial charge in [0.15, 0.2) is 11.4 Å². The van der Waals surface area contributed by atoms with Crippen molar-refractivity contribution in [2.45, 2.75) is 31.8 Å². The molecule has 1 N–H and O–H groups in total. The first-order valence-corrected chi connectivity index (χ1v) is 9.71. The quantitative estimate of drug-likeness (QED) is 0.670. The van der Waals surface area contributed by atoms with Gasteiger partial charge in [0.1, 0.15) is 5.75 Å². The molecule has 0 fully saturated rings. The van der Waals surface area contributed by atoms with E-state index in [4.69, 9.17) is 4.74 Å². The SMILES string of the molecule is CCCCN1C(=O)[C@@](O)(CC(=O)c2ccc(OC)cc2)c2cc(Br)ccc21. The number of aliphatic hydroxyl groups is 1. The maximum atomic E-state index is 13.1. The number of hydrogen-bond acceptors (Lipinski definition) is 4. The molecule has 5 nitrogen and oxygen atoms in total. The van der Waals surface area contributed by atoms with Gasteiger partial charge in [0.2, 0.25) is 0 Å². The largest absolute Gasteiger partial charge is 0.497 e. The standard InChI is InChI=1S/C21H22BrNO4/c1-3-4-11-23-18-10-7-15(22)12-17(18)21(26,20(23)25)13-19(24)14-5-8-16(27-2)9-6-14/h5-10,12,26H,3-4,11,13H2,1-2H3/t21-/m1/s1. The monoisotopic (exact) mass is 431 g/mol. The molecule has 0 aliphatic carbocycles. The van der Waals surface area contributed by atoms with Crippen LogP contribution in [0.2, 0.25) is 0 Å². The maximum absolute atomic E-state index is 13.1. The number of nitrogens with zero attached hydrogens (tertiary/aromatic N) is 1. The summed E-state index contributed by atoms with van der Waals surface area (Å²) in [6.07, 6.45) is 1.45. The van der Waals surface area contributed by atoms with Crippen molar-refractivity contribution in [1.29, 1.82) is 0 Å². The average Bonchev–Trinajstić information content (AvgIpc) is 2.87. The predicted octanol–water partition coefficient (Wildman–Crippen LogP) is 4.07. The average molecular weight is 432 g/mol. The minimum atomic E-state index is -1.86. The zero-order valence-electron chi connectivity index (χ0n) is 15.4. The fourth-order valence-electron chi connectivity index (χ4n) is 3.34. The van der Waals surface area contributed by atoms with Crippen LogP contribution in [-0.2, 0) is 10.4 Å². The van der Waals surface area contributed by atoms with E-state index in [1.165, 1.54) is 0 Å². The highest BCUT2D eigenvalue weighted by Crippen LogP contribution is 2.44. The minimum Gasteiger partial charge on any atom is -0.497 e. The molecule has 142 valence electrons. The van der Waals surface area contributed by atoms with Crippen molar-refractivity contribution in [2.24, 2.45) is 0 Å². The lowest BCUT2D eigenvalue weighted by atomic mass is 9.88. The number of unbranched alkanes of at least 4 members (excludes halogenated alkanes) is 1. The number of rotatable bonds is 7. The lowest BCUT2D eigenvalue weighted by Gasteiger charge is -2.22. The third kappa shape index (κ3) is 3.64. The molecule has 1 heterocycles. The molecule has 1 aliphatic rings. The van der Waals surface area contributed by atoms with Gasteiger partial charge in [-0.05, 0) is 48.9 Å².